The van der Waals surface area contributed by atoms with Gasteiger partial charge in [-0.05, 0) is 23.8 Å². The van der Waals surface area contributed by atoms with Crippen molar-refractivity contribution in [2.24, 2.45) is 0 Å². The average Bonchev–Trinajstić information content (AvgIpc) is 3.30. The van der Waals surface area contributed by atoms with Gasteiger partial charge in [0, 0.05) is 28.1 Å². The molecule has 0 atom stereocenters. The zero-order valence-electron chi connectivity index (χ0n) is 13.6. The third-order valence-electron chi connectivity index (χ3n) is 3.62. The van der Waals surface area contributed by atoms with Crippen LogP contribution in [0.1, 0.15) is 16.3 Å². The molecular weight excluding hydrogens is 386 g/mol. The van der Waals surface area contributed by atoms with E-state index in [0.717, 1.165) is 22.7 Å². The Morgan fingerprint density at radius 3 is 2.77 bits per heavy atom. The van der Waals surface area contributed by atoms with Crippen LogP contribution in [0.2, 0.25) is 5.02 Å². The normalized spacial score (nSPS) is 11.0. The number of nitrogens with zero attached hydrogens (tertiary/aromatic N) is 3. The lowest BCUT2D eigenvalue weighted by Crippen LogP contribution is -1.88. The fourth-order valence-corrected chi connectivity index (χ4v) is 4.19. The smallest absolute Gasteiger partial charge is 0.277 e. The van der Waals surface area contributed by atoms with Gasteiger partial charge in [-0.25, -0.2) is 4.98 Å². The first-order valence-corrected chi connectivity index (χ1v) is 10.2. The van der Waals surface area contributed by atoms with E-state index in [2.05, 4.69) is 32.7 Å². The molecule has 0 saturated heterocycles. The summed E-state index contributed by atoms with van der Waals surface area (Å²) < 4.78 is 5.71. The number of hydrogen-bond donors (Lipinski definition) is 0. The van der Waals surface area contributed by atoms with Gasteiger partial charge in [0.05, 0.1) is 10.7 Å². The van der Waals surface area contributed by atoms with Crippen LogP contribution in [-0.4, -0.2) is 15.2 Å². The molecule has 0 spiro atoms. The number of benzene rings is 2. The van der Waals surface area contributed by atoms with Crippen LogP contribution in [0.5, 0.6) is 0 Å². The van der Waals surface area contributed by atoms with Crippen molar-refractivity contribution in [2.75, 3.05) is 0 Å². The van der Waals surface area contributed by atoms with Gasteiger partial charge in [0.25, 0.3) is 5.22 Å². The number of halogens is 1. The first-order chi connectivity index (χ1) is 12.8. The molecule has 0 saturated carbocycles. The molecule has 2 aromatic heterocycles. The fourth-order valence-electron chi connectivity index (χ4n) is 2.41. The van der Waals surface area contributed by atoms with Crippen molar-refractivity contribution in [3.05, 3.63) is 81.3 Å². The molecule has 0 bridgehead atoms. The molecule has 0 aliphatic heterocycles. The Labute approximate surface area is 164 Å². The lowest BCUT2D eigenvalue weighted by atomic mass is 10.2. The third kappa shape index (κ3) is 4.33. The minimum atomic E-state index is 0.470. The van der Waals surface area contributed by atoms with E-state index in [1.54, 1.807) is 17.4 Å². The van der Waals surface area contributed by atoms with Crippen molar-refractivity contribution < 1.29 is 4.42 Å². The summed E-state index contributed by atoms with van der Waals surface area (Å²) in [4.78, 5) is 4.69. The molecule has 0 fully saturated rings. The minimum absolute atomic E-state index is 0.470. The summed E-state index contributed by atoms with van der Waals surface area (Å²) in [5.41, 5.74) is 3.10. The van der Waals surface area contributed by atoms with Crippen LogP contribution in [-0.2, 0) is 12.2 Å². The Hall–Kier alpha value is -2.15. The van der Waals surface area contributed by atoms with Crippen molar-refractivity contribution >= 4 is 34.7 Å². The number of hydrogen-bond acceptors (Lipinski definition) is 6. The van der Waals surface area contributed by atoms with E-state index >= 15 is 0 Å². The number of thioether (sulfide) groups is 1. The van der Waals surface area contributed by atoms with Crippen LogP contribution < -0.4 is 0 Å². The van der Waals surface area contributed by atoms with Crippen molar-refractivity contribution in [3.8, 4) is 11.5 Å². The summed E-state index contributed by atoms with van der Waals surface area (Å²) in [6, 6.07) is 17.7. The highest BCUT2D eigenvalue weighted by Gasteiger charge is 2.11. The highest BCUT2D eigenvalue weighted by atomic mass is 35.5. The SMILES string of the molecule is Clc1cccc(-c2nnc(SCc3csc(Cc4ccccc4)n3)o2)c1. The number of rotatable bonds is 6. The Bertz CT molecular complexity index is 1000. The van der Waals surface area contributed by atoms with Crippen LogP contribution in [0.3, 0.4) is 0 Å². The summed E-state index contributed by atoms with van der Waals surface area (Å²) in [6.07, 6.45) is 0.857. The highest BCUT2D eigenvalue weighted by Crippen LogP contribution is 2.27. The van der Waals surface area contributed by atoms with Crippen molar-refractivity contribution in [2.45, 2.75) is 17.4 Å². The van der Waals surface area contributed by atoms with Gasteiger partial charge in [-0.1, -0.05) is 59.8 Å². The summed E-state index contributed by atoms with van der Waals surface area (Å²) in [5.74, 6) is 1.17. The van der Waals surface area contributed by atoms with E-state index in [1.165, 1.54) is 17.3 Å². The second-order valence-electron chi connectivity index (χ2n) is 5.57. The van der Waals surface area contributed by atoms with Gasteiger partial charge in [0.2, 0.25) is 5.89 Å². The van der Waals surface area contributed by atoms with Crippen LogP contribution in [0.25, 0.3) is 11.5 Å². The zero-order chi connectivity index (χ0) is 17.8. The summed E-state index contributed by atoms with van der Waals surface area (Å²) in [7, 11) is 0. The van der Waals surface area contributed by atoms with Crippen molar-refractivity contribution in [1.29, 1.82) is 0 Å². The summed E-state index contributed by atoms with van der Waals surface area (Å²) in [6.45, 7) is 0. The van der Waals surface area contributed by atoms with E-state index in [-0.39, 0.29) is 0 Å². The molecule has 0 aliphatic rings. The molecule has 0 aliphatic carbocycles. The standard InChI is InChI=1S/C19H14ClN3OS2/c20-15-8-4-7-14(10-15)18-22-23-19(24-18)26-12-16-11-25-17(21-16)9-13-5-2-1-3-6-13/h1-8,10-11H,9,12H2. The van der Waals surface area contributed by atoms with E-state index in [9.17, 15) is 0 Å². The Morgan fingerprint density at radius 1 is 1.04 bits per heavy atom. The molecule has 130 valence electrons. The first kappa shape index (κ1) is 17.3. The monoisotopic (exact) mass is 399 g/mol. The molecule has 2 aromatic carbocycles. The topological polar surface area (TPSA) is 51.8 Å². The lowest BCUT2D eigenvalue weighted by molar-refractivity contribution is 0.466. The Kier molecular flexibility index (Phi) is 5.34. The highest BCUT2D eigenvalue weighted by molar-refractivity contribution is 7.98. The Balaban J connectivity index is 1.38. The minimum Gasteiger partial charge on any atom is -0.411 e. The van der Waals surface area contributed by atoms with Gasteiger partial charge in [-0.2, -0.15) is 0 Å². The molecule has 4 nitrogen and oxygen atoms in total. The molecule has 26 heavy (non-hydrogen) atoms. The predicted molar refractivity (Wildman–Crippen MR) is 106 cm³/mol. The molecule has 4 rings (SSSR count). The van der Waals surface area contributed by atoms with E-state index in [1.807, 2.05) is 36.4 Å². The van der Waals surface area contributed by atoms with Gasteiger partial charge >= 0.3 is 0 Å². The average molecular weight is 400 g/mol. The molecule has 4 aromatic rings. The maximum Gasteiger partial charge on any atom is 0.277 e. The van der Waals surface area contributed by atoms with Crippen LogP contribution in [0.15, 0.2) is 69.6 Å². The Morgan fingerprint density at radius 2 is 1.92 bits per heavy atom. The number of aromatic nitrogens is 3. The van der Waals surface area contributed by atoms with Crippen LogP contribution in [0.4, 0.5) is 0 Å². The molecule has 0 unspecified atom stereocenters. The van der Waals surface area contributed by atoms with Crippen LogP contribution >= 0.6 is 34.7 Å². The quantitative estimate of drug-likeness (QED) is 0.387. The molecule has 0 radical (unpaired) electrons. The molecule has 0 amide bonds. The summed E-state index contributed by atoms with van der Waals surface area (Å²) in [5, 5.41) is 12.5. The van der Waals surface area contributed by atoms with Gasteiger partial charge < -0.3 is 4.42 Å². The largest absolute Gasteiger partial charge is 0.411 e. The van der Waals surface area contributed by atoms with Gasteiger partial charge in [-0.15, -0.1) is 21.5 Å². The zero-order valence-corrected chi connectivity index (χ0v) is 16.0. The molecule has 2 heterocycles. The maximum atomic E-state index is 6.00. The third-order valence-corrected chi connectivity index (χ3v) is 5.60. The van der Waals surface area contributed by atoms with Gasteiger partial charge in [0.15, 0.2) is 0 Å². The second-order valence-corrected chi connectivity index (χ2v) is 7.87. The van der Waals surface area contributed by atoms with E-state index < -0.39 is 0 Å². The predicted octanol–water partition coefficient (Wildman–Crippen LogP) is 5.73. The van der Waals surface area contributed by atoms with E-state index in [4.69, 9.17) is 16.0 Å². The van der Waals surface area contributed by atoms with Gasteiger partial charge in [-0.3, -0.25) is 0 Å². The fraction of sp³-hybridized carbons (Fsp3) is 0.105. The maximum absolute atomic E-state index is 6.00. The van der Waals surface area contributed by atoms with Crippen molar-refractivity contribution in [1.82, 2.24) is 15.2 Å². The molecule has 0 N–H and O–H groups in total. The lowest BCUT2D eigenvalue weighted by Gasteiger charge is -1.96. The summed E-state index contributed by atoms with van der Waals surface area (Å²) >= 11 is 9.16. The molecular formula is C19H14ClN3OS2. The van der Waals surface area contributed by atoms with Crippen molar-refractivity contribution in [3.63, 3.8) is 0 Å². The second kappa shape index (κ2) is 8.03. The van der Waals surface area contributed by atoms with E-state index in [0.29, 0.717) is 21.9 Å². The van der Waals surface area contributed by atoms with Crippen LogP contribution in [0, 0.1) is 0 Å². The first-order valence-electron chi connectivity index (χ1n) is 7.96. The van der Waals surface area contributed by atoms with Gasteiger partial charge in [0.1, 0.15) is 0 Å². The molecule has 7 heteroatoms. The number of thiazole rings is 1.